The highest BCUT2D eigenvalue weighted by Gasteiger charge is 2.35. The average Bonchev–Trinajstić information content (AvgIpc) is 3.23. The van der Waals surface area contributed by atoms with Gasteiger partial charge in [-0.25, -0.2) is 14.6 Å². The summed E-state index contributed by atoms with van der Waals surface area (Å²) in [5.41, 5.74) is 2.38. The van der Waals surface area contributed by atoms with Crippen molar-refractivity contribution in [2.45, 2.75) is 5.92 Å². The van der Waals surface area contributed by atoms with Crippen molar-refractivity contribution in [2.75, 3.05) is 18.0 Å². The molecule has 0 amide bonds. The zero-order valence-electron chi connectivity index (χ0n) is 13.4. The topological polar surface area (TPSA) is 98.7 Å². The molecule has 0 saturated carbocycles. The van der Waals surface area contributed by atoms with Crippen molar-refractivity contribution in [2.24, 2.45) is 7.05 Å². The molecule has 0 radical (unpaired) electrons. The lowest BCUT2D eigenvalue weighted by Gasteiger charge is -2.37. The van der Waals surface area contributed by atoms with Gasteiger partial charge in [-0.1, -0.05) is 40.7 Å². The molecule has 3 aromatic heterocycles. The summed E-state index contributed by atoms with van der Waals surface area (Å²) in [5.74, 6) is 2.25. The summed E-state index contributed by atoms with van der Waals surface area (Å²) >= 11 is 0. The van der Waals surface area contributed by atoms with Crippen LogP contribution in [0.15, 0.2) is 41.2 Å². The van der Waals surface area contributed by atoms with Crippen molar-refractivity contribution < 1.29 is 4.52 Å². The van der Waals surface area contributed by atoms with E-state index in [9.17, 15) is 0 Å². The third-order valence-corrected chi connectivity index (χ3v) is 4.37. The van der Waals surface area contributed by atoms with Crippen LogP contribution in [-0.4, -0.2) is 48.2 Å². The van der Waals surface area contributed by atoms with E-state index < -0.39 is 0 Å². The Morgan fingerprint density at radius 1 is 1.12 bits per heavy atom. The number of aryl methyl sites for hydroxylation is 1. The van der Waals surface area contributed by atoms with Gasteiger partial charge >= 0.3 is 0 Å². The maximum Gasteiger partial charge on any atom is 0.233 e. The lowest BCUT2D eigenvalue weighted by atomic mass is 10.00. The third-order valence-electron chi connectivity index (χ3n) is 4.37. The fourth-order valence-corrected chi connectivity index (χ4v) is 2.99. The Bertz CT molecular complexity index is 1030. The fraction of sp³-hybridized carbons (Fsp3) is 0.250. The average molecular weight is 334 g/mol. The van der Waals surface area contributed by atoms with Crippen molar-refractivity contribution in [1.82, 2.24) is 35.1 Å². The van der Waals surface area contributed by atoms with Crippen LogP contribution in [0.2, 0.25) is 0 Å². The number of rotatable bonds is 3. The van der Waals surface area contributed by atoms with Gasteiger partial charge in [0.15, 0.2) is 17.0 Å². The molecule has 9 nitrogen and oxygen atoms in total. The predicted octanol–water partition coefficient (Wildman–Crippen LogP) is 1.41. The molecule has 1 fully saturated rings. The Labute approximate surface area is 142 Å². The van der Waals surface area contributed by atoms with Crippen LogP contribution in [0.1, 0.15) is 11.8 Å². The minimum absolute atomic E-state index is 0.187. The van der Waals surface area contributed by atoms with E-state index in [0.717, 1.165) is 30.1 Å². The number of fused-ring (bicyclic) bond motifs is 1. The Hall–Kier alpha value is -3.36. The summed E-state index contributed by atoms with van der Waals surface area (Å²) < 4.78 is 7.09. The molecule has 0 N–H and O–H groups in total. The third kappa shape index (κ3) is 2.24. The van der Waals surface area contributed by atoms with Gasteiger partial charge in [-0.15, -0.1) is 5.10 Å². The monoisotopic (exact) mass is 334 g/mol. The molecular weight excluding hydrogens is 320 g/mol. The molecule has 1 aliphatic rings. The molecule has 25 heavy (non-hydrogen) atoms. The van der Waals surface area contributed by atoms with Gasteiger partial charge in [0.2, 0.25) is 11.7 Å². The zero-order chi connectivity index (χ0) is 16.8. The van der Waals surface area contributed by atoms with E-state index >= 15 is 0 Å². The van der Waals surface area contributed by atoms with E-state index in [1.165, 1.54) is 6.33 Å². The second-order valence-corrected chi connectivity index (χ2v) is 6.01. The van der Waals surface area contributed by atoms with E-state index in [2.05, 4.69) is 35.3 Å². The second-order valence-electron chi connectivity index (χ2n) is 6.01. The minimum atomic E-state index is 0.187. The number of benzene rings is 1. The van der Waals surface area contributed by atoms with Gasteiger partial charge in [-0.05, 0) is 0 Å². The van der Waals surface area contributed by atoms with Crippen LogP contribution < -0.4 is 4.90 Å². The first-order valence-electron chi connectivity index (χ1n) is 7.94. The molecular formula is C16H14N8O. The van der Waals surface area contributed by atoms with Gasteiger partial charge < -0.3 is 9.42 Å². The van der Waals surface area contributed by atoms with Gasteiger partial charge in [-0.3, -0.25) is 0 Å². The Balaban J connectivity index is 1.36. The van der Waals surface area contributed by atoms with Crippen LogP contribution in [-0.2, 0) is 7.05 Å². The van der Waals surface area contributed by atoms with Crippen molar-refractivity contribution >= 4 is 17.0 Å². The highest BCUT2D eigenvalue weighted by Crippen LogP contribution is 2.32. The van der Waals surface area contributed by atoms with Gasteiger partial charge in [0.05, 0.1) is 5.92 Å². The standard InChI is InChI=1S/C16H14N8O/c1-23-14-12(20-22-23)15(18-9-17-14)24-7-11(8-24)16-19-13(21-25-16)10-5-3-2-4-6-10/h2-6,9,11H,7-8H2,1H3. The normalized spacial score (nSPS) is 14.8. The van der Waals surface area contributed by atoms with Crippen LogP contribution in [0.25, 0.3) is 22.6 Å². The highest BCUT2D eigenvalue weighted by molar-refractivity contribution is 5.83. The molecule has 5 rings (SSSR count). The van der Waals surface area contributed by atoms with Gasteiger partial charge in [0.25, 0.3) is 0 Å². The molecule has 1 aromatic carbocycles. The van der Waals surface area contributed by atoms with E-state index in [4.69, 9.17) is 4.52 Å². The molecule has 4 heterocycles. The molecule has 9 heteroatoms. The van der Waals surface area contributed by atoms with Crippen LogP contribution in [0.5, 0.6) is 0 Å². The Kier molecular flexibility index (Phi) is 2.99. The second kappa shape index (κ2) is 5.33. The summed E-state index contributed by atoms with van der Waals surface area (Å²) in [4.78, 5) is 15.2. The first-order chi connectivity index (χ1) is 12.3. The molecule has 0 bridgehead atoms. The molecule has 4 aromatic rings. The van der Waals surface area contributed by atoms with Crippen LogP contribution in [0, 0.1) is 0 Å². The molecule has 0 aliphatic carbocycles. The fourth-order valence-electron chi connectivity index (χ4n) is 2.99. The molecule has 124 valence electrons. The van der Waals surface area contributed by atoms with Crippen molar-refractivity contribution in [3.05, 3.63) is 42.5 Å². The van der Waals surface area contributed by atoms with E-state index in [1.807, 2.05) is 37.4 Å². The molecule has 0 spiro atoms. The van der Waals surface area contributed by atoms with Gasteiger partial charge in [0, 0.05) is 25.7 Å². The molecule has 0 unspecified atom stereocenters. The Morgan fingerprint density at radius 2 is 1.96 bits per heavy atom. The molecule has 1 saturated heterocycles. The van der Waals surface area contributed by atoms with Gasteiger partial charge in [-0.2, -0.15) is 4.98 Å². The van der Waals surface area contributed by atoms with Gasteiger partial charge in [0.1, 0.15) is 6.33 Å². The van der Waals surface area contributed by atoms with Crippen LogP contribution in [0.3, 0.4) is 0 Å². The first-order valence-corrected chi connectivity index (χ1v) is 7.94. The summed E-state index contributed by atoms with van der Waals surface area (Å²) in [7, 11) is 1.81. The smallest absolute Gasteiger partial charge is 0.233 e. The number of nitrogens with zero attached hydrogens (tertiary/aromatic N) is 8. The predicted molar refractivity (Wildman–Crippen MR) is 88.8 cm³/mol. The SMILES string of the molecule is Cn1nnc2c(N3CC(c4nc(-c5ccccc5)no4)C3)ncnc21. The molecule has 0 atom stereocenters. The molecule has 1 aliphatic heterocycles. The lowest BCUT2D eigenvalue weighted by Crippen LogP contribution is -2.45. The summed E-state index contributed by atoms with van der Waals surface area (Å²) in [6.45, 7) is 1.50. The maximum atomic E-state index is 5.45. The number of anilines is 1. The number of hydrogen-bond acceptors (Lipinski definition) is 8. The quantitative estimate of drug-likeness (QED) is 0.554. The zero-order valence-corrected chi connectivity index (χ0v) is 13.4. The van der Waals surface area contributed by atoms with E-state index in [1.54, 1.807) is 4.68 Å². The van der Waals surface area contributed by atoms with E-state index in [-0.39, 0.29) is 5.92 Å². The van der Waals surface area contributed by atoms with Crippen LogP contribution >= 0.6 is 0 Å². The Morgan fingerprint density at radius 3 is 2.80 bits per heavy atom. The maximum absolute atomic E-state index is 5.45. The largest absolute Gasteiger partial charge is 0.353 e. The lowest BCUT2D eigenvalue weighted by molar-refractivity contribution is 0.329. The van der Waals surface area contributed by atoms with E-state index in [0.29, 0.717) is 17.2 Å². The highest BCUT2D eigenvalue weighted by atomic mass is 16.5. The van der Waals surface area contributed by atoms with Crippen LogP contribution in [0.4, 0.5) is 5.82 Å². The number of hydrogen-bond donors (Lipinski definition) is 0. The first kappa shape index (κ1) is 14.0. The van der Waals surface area contributed by atoms with Crippen molar-refractivity contribution in [3.63, 3.8) is 0 Å². The van der Waals surface area contributed by atoms with Crippen molar-refractivity contribution in [1.29, 1.82) is 0 Å². The summed E-state index contributed by atoms with van der Waals surface area (Å²) in [6.07, 6.45) is 1.54. The number of aromatic nitrogens is 7. The summed E-state index contributed by atoms with van der Waals surface area (Å²) in [5, 5.41) is 12.2. The van der Waals surface area contributed by atoms with Crippen molar-refractivity contribution in [3.8, 4) is 11.4 Å². The summed E-state index contributed by atoms with van der Waals surface area (Å²) in [6, 6.07) is 9.81. The minimum Gasteiger partial charge on any atom is -0.353 e.